The predicted octanol–water partition coefficient (Wildman–Crippen LogP) is 2.39. The van der Waals surface area contributed by atoms with E-state index in [0.717, 1.165) is 12.1 Å². The number of aromatic nitrogens is 2. The van der Waals surface area contributed by atoms with E-state index in [9.17, 15) is 5.11 Å². The zero-order chi connectivity index (χ0) is 12.3. The molecule has 0 aliphatic carbocycles. The van der Waals surface area contributed by atoms with Gasteiger partial charge in [0.05, 0.1) is 18.1 Å². The summed E-state index contributed by atoms with van der Waals surface area (Å²) in [4.78, 5) is 4.16. The van der Waals surface area contributed by atoms with Gasteiger partial charge >= 0.3 is 0 Å². The first kappa shape index (κ1) is 11.9. The Morgan fingerprint density at radius 2 is 2.00 bits per heavy atom. The van der Waals surface area contributed by atoms with Gasteiger partial charge in [0, 0.05) is 13.2 Å². The molecule has 3 nitrogen and oxygen atoms in total. The standard InChI is InChI=1S/C14H18N2O/c1-11-3-5-12(6-4-11)7-8-14(17)13-9-16(2)10-15-13/h3-6,9-10,14,17H,7-8H2,1-2H3. The molecule has 0 saturated heterocycles. The number of aliphatic hydroxyl groups is 1. The third-order valence-electron chi connectivity index (χ3n) is 2.89. The Bertz CT molecular complexity index is 473. The third-order valence-corrected chi connectivity index (χ3v) is 2.89. The molecule has 0 aliphatic rings. The summed E-state index contributed by atoms with van der Waals surface area (Å²) < 4.78 is 1.85. The van der Waals surface area contributed by atoms with Crippen molar-refractivity contribution >= 4 is 0 Å². The van der Waals surface area contributed by atoms with Gasteiger partial charge in [0.2, 0.25) is 0 Å². The highest BCUT2D eigenvalue weighted by Gasteiger charge is 2.10. The van der Waals surface area contributed by atoms with Crippen LogP contribution in [0.1, 0.15) is 29.3 Å². The van der Waals surface area contributed by atoms with Crippen molar-refractivity contribution in [3.05, 3.63) is 53.6 Å². The monoisotopic (exact) mass is 230 g/mol. The fourth-order valence-electron chi connectivity index (χ4n) is 1.81. The van der Waals surface area contributed by atoms with Gasteiger partial charge < -0.3 is 9.67 Å². The first-order valence-corrected chi connectivity index (χ1v) is 5.86. The lowest BCUT2D eigenvalue weighted by Gasteiger charge is -2.07. The first-order valence-electron chi connectivity index (χ1n) is 5.86. The van der Waals surface area contributed by atoms with Crippen LogP contribution < -0.4 is 0 Å². The Kier molecular flexibility index (Phi) is 3.59. The predicted molar refractivity (Wildman–Crippen MR) is 67.7 cm³/mol. The van der Waals surface area contributed by atoms with E-state index in [1.165, 1.54) is 11.1 Å². The van der Waals surface area contributed by atoms with Gasteiger partial charge in [0.25, 0.3) is 0 Å². The molecule has 1 aromatic heterocycles. The van der Waals surface area contributed by atoms with Crippen molar-refractivity contribution in [2.24, 2.45) is 7.05 Å². The molecule has 3 heteroatoms. The number of aryl methyl sites for hydroxylation is 3. The van der Waals surface area contributed by atoms with E-state index < -0.39 is 6.10 Å². The highest BCUT2D eigenvalue weighted by atomic mass is 16.3. The van der Waals surface area contributed by atoms with Crippen molar-refractivity contribution < 1.29 is 5.11 Å². The number of aliphatic hydroxyl groups excluding tert-OH is 1. The zero-order valence-corrected chi connectivity index (χ0v) is 10.3. The minimum absolute atomic E-state index is 0.475. The Balaban J connectivity index is 1.92. The topological polar surface area (TPSA) is 38.0 Å². The van der Waals surface area contributed by atoms with Crippen LogP contribution in [0.3, 0.4) is 0 Å². The zero-order valence-electron chi connectivity index (χ0n) is 10.3. The van der Waals surface area contributed by atoms with Crippen LogP contribution in [0.2, 0.25) is 0 Å². The van der Waals surface area contributed by atoms with E-state index in [1.807, 2.05) is 17.8 Å². The molecule has 0 fully saturated rings. The Morgan fingerprint density at radius 3 is 2.59 bits per heavy atom. The van der Waals surface area contributed by atoms with Crippen LogP contribution in [0.25, 0.3) is 0 Å². The second-order valence-corrected chi connectivity index (χ2v) is 4.50. The third kappa shape index (κ3) is 3.17. The van der Waals surface area contributed by atoms with Gasteiger partial charge in [-0.3, -0.25) is 0 Å². The van der Waals surface area contributed by atoms with E-state index >= 15 is 0 Å². The number of hydrogen-bond acceptors (Lipinski definition) is 2. The minimum Gasteiger partial charge on any atom is -0.387 e. The molecular weight excluding hydrogens is 212 g/mol. The molecule has 2 rings (SSSR count). The fourth-order valence-corrected chi connectivity index (χ4v) is 1.81. The smallest absolute Gasteiger partial charge is 0.0978 e. The summed E-state index contributed by atoms with van der Waals surface area (Å²) in [6.07, 6.45) is 4.68. The lowest BCUT2D eigenvalue weighted by Crippen LogP contribution is -2.00. The summed E-state index contributed by atoms with van der Waals surface area (Å²) in [5.41, 5.74) is 3.27. The van der Waals surface area contributed by atoms with Gasteiger partial charge in [0.15, 0.2) is 0 Å². The first-order chi connectivity index (χ1) is 8.15. The normalized spacial score (nSPS) is 12.6. The molecule has 0 amide bonds. The van der Waals surface area contributed by atoms with Crippen molar-refractivity contribution in [2.75, 3.05) is 0 Å². The molecule has 0 saturated carbocycles. The molecular formula is C14H18N2O. The molecule has 1 heterocycles. The summed E-state index contributed by atoms with van der Waals surface area (Å²) in [6.45, 7) is 2.08. The number of hydrogen-bond donors (Lipinski definition) is 1. The molecule has 0 spiro atoms. The molecule has 2 aromatic rings. The fraction of sp³-hybridized carbons (Fsp3) is 0.357. The number of imidazole rings is 1. The van der Waals surface area contributed by atoms with Gasteiger partial charge in [-0.25, -0.2) is 4.98 Å². The van der Waals surface area contributed by atoms with Gasteiger partial charge in [0.1, 0.15) is 0 Å². The molecule has 0 aliphatic heterocycles. The lowest BCUT2D eigenvalue weighted by molar-refractivity contribution is 0.163. The average Bonchev–Trinajstić information content (AvgIpc) is 2.75. The summed E-state index contributed by atoms with van der Waals surface area (Å²) in [6, 6.07) is 8.42. The Labute approximate surface area is 102 Å². The van der Waals surface area contributed by atoms with Crippen molar-refractivity contribution in [3.8, 4) is 0 Å². The maximum atomic E-state index is 9.97. The quantitative estimate of drug-likeness (QED) is 0.875. The Hall–Kier alpha value is -1.61. The average molecular weight is 230 g/mol. The minimum atomic E-state index is -0.475. The molecule has 17 heavy (non-hydrogen) atoms. The summed E-state index contributed by atoms with van der Waals surface area (Å²) in [5, 5.41) is 9.97. The summed E-state index contributed by atoms with van der Waals surface area (Å²) in [5.74, 6) is 0. The van der Waals surface area contributed by atoms with Gasteiger partial charge in [-0.1, -0.05) is 29.8 Å². The van der Waals surface area contributed by atoms with Crippen LogP contribution in [0.15, 0.2) is 36.8 Å². The van der Waals surface area contributed by atoms with E-state index in [2.05, 4.69) is 36.2 Å². The molecule has 1 aromatic carbocycles. The molecule has 1 unspecified atom stereocenters. The van der Waals surface area contributed by atoms with Crippen LogP contribution >= 0.6 is 0 Å². The van der Waals surface area contributed by atoms with Crippen LogP contribution in [-0.4, -0.2) is 14.7 Å². The molecule has 90 valence electrons. The highest BCUT2D eigenvalue weighted by molar-refractivity contribution is 5.21. The largest absolute Gasteiger partial charge is 0.387 e. The van der Waals surface area contributed by atoms with Gasteiger partial charge in [-0.2, -0.15) is 0 Å². The van der Waals surface area contributed by atoms with Crippen molar-refractivity contribution in [3.63, 3.8) is 0 Å². The van der Waals surface area contributed by atoms with Gasteiger partial charge in [-0.05, 0) is 25.3 Å². The summed E-state index contributed by atoms with van der Waals surface area (Å²) in [7, 11) is 1.91. The second-order valence-electron chi connectivity index (χ2n) is 4.50. The molecule has 0 bridgehead atoms. The van der Waals surface area contributed by atoms with Crippen molar-refractivity contribution in [1.82, 2.24) is 9.55 Å². The van der Waals surface area contributed by atoms with Gasteiger partial charge in [-0.15, -0.1) is 0 Å². The highest BCUT2D eigenvalue weighted by Crippen LogP contribution is 2.17. The maximum absolute atomic E-state index is 9.97. The van der Waals surface area contributed by atoms with Crippen molar-refractivity contribution in [2.45, 2.75) is 25.9 Å². The second kappa shape index (κ2) is 5.15. The van der Waals surface area contributed by atoms with E-state index in [0.29, 0.717) is 6.42 Å². The number of rotatable bonds is 4. The maximum Gasteiger partial charge on any atom is 0.0978 e. The molecule has 1 atom stereocenters. The number of benzene rings is 1. The van der Waals surface area contributed by atoms with Crippen LogP contribution in [0.4, 0.5) is 0 Å². The van der Waals surface area contributed by atoms with Crippen LogP contribution in [0, 0.1) is 6.92 Å². The van der Waals surface area contributed by atoms with Crippen LogP contribution in [0.5, 0.6) is 0 Å². The SMILES string of the molecule is Cc1ccc(CCC(O)c2cn(C)cn2)cc1. The Morgan fingerprint density at radius 1 is 1.29 bits per heavy atom. The molecule has 1 N–H and O–H groups in total. The van der Waals surface area contributed by atoms with Crippen LogP contribution in [-0.2, 0) is 13.5 Å². The molecule has 0 radical (unpaired) electrons. The van der Waals surface area contributed by atoms with E-state index in [-0.39, 0.29) is 0 Å². The summed E-state index contributed by atoms with van der Waals surface area (Å²) >= 11 is 0. The van der Waals surface area contributed by atoms with Crippen molar-refractivity contribution in [1.29, 1.82) is 0 Å². The van der Waals surface area contributed by atoms with E-state index in [4.69, 9.17) is 0 Å². The lowest BCUT2D eigenvalue weighted by atomic mass is 10.0. The van der Waals surface area contributed by atoms with E-state index in [1.54, 1.807) is 6.33 Å². The number of nitrogens with zero attached hydrogens (tertiary/aromatic N) is 2.